The van der Waals surface area contributed by atoms with E-state index in [2.05, 4.69) is 15.6 Å². The lowest BCUT2D eigenvalue weighted by molar-refractivity contribution is -0.119. The van der Waals surface area contributed by atoms with Gasteiger partial charge in [-0.3, -0.25) is 9.59 Å². The van der Waals surface area contributed by atoms with Crippen molar-refractivity contribution < 1.29 is 18.4 Å². The average Bonchev–Trinajstić information content (AvgIpc) is 2.91. The molecule has 2 rings (SSSR count). The molecule has 2 aromatic rings. The van der Waals surface area contributed by atoms with Gasteiger partial charge in [0.25, 0.3) is 0 Å². The summed E-state index contributed by atoms with van der Waals surface area (Å²) < 4.78 is 26.8. The second-order valence-corrected chi connectivity index (χ2v) is 7.20. The molecule has 0 saturated carbocycles. The number of thiazole rings is 1. The van der Waals surface area contributed by atoms with Crippen molar-refractivity contribution in [3.05, 3.63) is 38.4 Å². The molecule has 5 nitrogen and oxygen atoms in total. The molecule has 9 heteroatoms. The van der Waals surface area contributed by atoms with Crippen LogP contribution < -0.4 is 10.6 Å². The van der Waals surface area contributed by atoms with Crippen molar-refractivity contribution in [2.45, 2.75) is 20.3 Å². The maximum Gasteiger partial charge on any atom is 0.230 e. The quantitative estimate of drug-likeness (QED) is 0.522. The van der Waals surface area contributed by atoms with E-state index in [1.54, 1.807) is 41.8 Å². The van der Waals surface area contributed by atoms with E-state index in [1.807, 2.05) is 0 Å². The molecule has 24 heavy (non-hydrogen) atoms. The predicted molar refractivity (Wildman–Crippen MR) is 97.0 cm³/mol. The van der Waals surface area contributed by atoms with Gasteiger partial charge in [0.15, 0.2) is 5.13 Å². The highest BCUT2D eigenvalue weighted by atomic mass is 127. The predicted octanol–water partition coefficient (Wildman–Crippen LogP) is 3.80. The van der Waals surface area contributed by atoms with Gasteiger partial charge in [0.05, 0.1) is 15.7 Å². The maximum atomic E-state index is 13.5. The summed E-state index contributed by atoms with van der Waals surface area (Å²) in [5, 5.41) is 7.11. The normalized spacial score (nSPS) is 10.8. The van der Waals surface area contributed by atoms with E-state index in [0.29, 0.717) is 10.8 Å². The van der Waals surface area contributed by atoms with Gasteiger partial charge < -0.3 is 10.6 Å². The van der Waals surface area contributed by atoms with Gasteiger partial charge in [-0.1, -0.05) is 13.8 Å². The van der Waals surface area contributed by atoms with E-state index in [1.165, 1.54) is 11.3 Å². The first-order valence-electron chi connectivity index (χ1n) is 6.96. The second-order valence-electron chi connectivity index (χ2n) is 5.27. The number of carbonyl (C=O) groups is 2. The smallest absolute Gasteiger partial charge is 0.230 e. The molecule has 1 heterocycles. The van der Waals surface area contributed by atoms with Gasteiger partial charge in [-0.05, 0) is 34.7 Å². The number of nitrogens with zero attached hydrogens (tertiary/aromatic N) is 1. The molecule has 0 spiro atoms. The van der Waals surface area contributed by atoms with E-state index in [0.717, 1.165) is 12.1 Å². The number of amides is 2. The molecular formula is C15H14F2IN3O2S. The number of carbonyl (C=O) groups excluding carboxylic acids is 2. The Bertz CT molecular complexity index is 757. The lowest BCUT2D eigenvalue weighted by Gasteiger charge is -2.06. The minimum atomic E-state index is -0.738. The van der Waals surface area contributed by atoms with Gasteiger partial charge >= 0.3 is 0 Å². The molecule has 128 valence electrons. The second kappa shape index (κ2) is 7.97. The summed E-state index contributed by atoms with van der Waals surface area (Å²) in [6, 6.07) is 2.11. The molecule has 2 N–H and O–H groups in total. The van der Waals surface area contributed by atoms with E-state index in [9.17, 15) is 18.4 Å². The lowest BCUT2D eigenvalue weighted by atomic mass is 10.2. The Morgan fingerprint density at radius 3 is 2.46 bits per heavy atom. The summed E-state index contributed by atoms with van der Waals surface area (Å²) >= 11 is 2.76. The van der Waals surface area contributed by atoms with Crippen LogP contribution in [0.3, 0.4) is 0 Å². The zero-order valence-electron chi connectivity index (χ0n) is 12.8. The van der Waals surface area contributed by atoms with Crippen molar-refractivity contribution in [3.63, 3.8) is 0 Å². The van der Waals surface area contributed by atoms with Gasteiger partial charge in [-0.2, -0.15) is 0 Å². The minimum Gasteiger partial charge on any atom is -0.326 e. The molecule has 0 fully saturated rings. The molecule has 0 unspecified atom stereocenters. The standard InChI is InChI=1S/C15H14F2IN3O2S/c1-7(2)14(23)21-15-20-9(6-24-15)5-12(22)19-8-3-10(16)13(18)11(17)4-8/h3-4,6-7H,5H2,1-2H3,(H,19,22)(H,20,21,23). The van der Waals surface area contributed by atoms with Crippen molar-refractivity contribution in [2.75, 3.05) is 10.6 Å². The molecule has 0 radical (unpaired) electrons. The first-order valence-corrected chi connectivity index (χ1v) is 8.91. The van der Waals surface area contributed by atoms with E-state index < -0.39 is 17.5 Å². The van der Waals surface area contributed by atoms with Crippen LogP contribution in [-0.2, 0) is 16.0 Å². The summed E-state index contributed by atoms with van der Waals surface area (Å²) in [5.41, 5.74) is 0.502. The molecule has 0 aliphatic rings. The van der Waals surface area contributed by atoms with Crippen LogP contribution in [0.2, 0.25) is 0 Å². The molecule has 1 aromatic carbocycles. The molecule has 0 saturated heterocycles. The molecule has 0 atom stereocenters. The number of aromatic nitrogens is 1. The molecular weight excluding hydrogens is 451 g/mol. The van der Waals surface area contributed by atoms with E-state index in [-0.39, 0.29) is 27.5 Å². The summed E-state index contributed by atoms with van der Waals surface area (Å²) in [5.74, 6) is -2.27. The maximum absolute atomic E-state index is 13.5. The Labute approximate surface area is 155 Å². The van der Waals surface area contributed by atoms with Crippen LogP contribution in [0.4, 0.5) is 19.6 Å². The highest BCUT2D eigenvalue weighted by molar-refractivity contribution is 14.1. The number of halogens is 3. The van der Waals surface area contributed by atoms with Crippen LogP contribution in [0.5, 0.6) is 0 Å². The third-order valence-electron chi connectivity index (χ3n) is 2.92. The monoisotopic (exact) mass is 465 g/mol. The Balaban J connectivity index is 1.98. The van der Waals surface area contributed by atoms with Crippen molar-refractivity contribution >= 4 is 56.6 Å². The van der Waals surface area contributed by atoms with Crippen molar-refractivity contribution in [1.29, 1.82) is 0 Å². The van der Waals surface area contributed by atoms with Gasteiger partial charge in [-0.25, -0.2) is 13.8 Å². The summed E-state index contributed by atoms with van der Waals surface area (Å²) in [6.07, 6.45) is -0.0662. The fraction of sp³-hybridized carbons (Fsp3) is 0.267. The first-order chi connectivity index (χ1) is 11.3. The molecule has 2 amide bonds. The third kappa shape index (κ3) is 4.94. The van der Waals surface area contributed by atoms with Gasteiger partial charge in [0.1, 0.15) is 11.6 Å². The Kier molecular flexibility index (Phi) is 6.21. The summed E-state index contributed by atoms with van der Waals surface area (Å²) in [6.45, 7) is 3.52. The van der Waals surface area contributed by atoms with E-state index in [4.69, 9.17) is 0 Å². The number of hydrogen-bond donors (Lipinski definition) is 2. The van der Waals surface area contributed by atoms with Crippen molar-refractivity contribution in [3.8, 4) is 0 Å². The first kappa shape index (κ1) is 18.7. The minimum absolute atomic E-state index is 0.0407. The molecule has 0 bridgehead atoms. The average molecular weight is 465 g/mol. The van der Waals surface area contributed by atoms with Crippen molar-refractivity contribution in [1.82, 2.24) is 4.98 Å². The fourth-order valence-corrected chi connectivity index (χ4v) is 2.72. The van der Waals surface area contributed by atoms with Crippen LogP contribution >= 0.6 is 33.9 Å². The van der Waals surface area contributed by atoms with Crippen LogP contribution in [0, 0.1) is 21.1 Å². The van der Waals surface area contributed by atoms with Gasteiger partial charge in [0.2, 0.25) is 11.8 Å². The Morgan fingerprint density at radius 1 is 1.25 bits per heavy atom. The SMILES string of the molecule is CC(C)C(=O)Nc1nc(CC(=O)Nc2cc(F)c(I)c(F)c2)cs1. The number of rotatable bonds is 5. The van der Waals surface area contributed by atoms with Gasteiger partial charge in [-0.15, -0.1) is 11.3 Å². The number of nitrogens with one attached hydrogen (secondary N) is 2. The highest BCUT2D eigenvalue weighted by Crippen LogP contribution is 2.21. The topological polar surface area (TPSA) is 71.1 Å². The lowest BCUT2D eigenvalue weighted by Crippen LogP contribution is -2.18. The Morgan fingerprint density at radius 2 is 1.88 bits per heavy atom. The molecule has 0 aliphatic heterocycles. The van der Waals surface area contributed by atoms with Crippen LogP contribution in [0.1, 0.15) is 19.5 Å². The van der Waals surface area contributed by atoms with Crippen LogP contribution in [0.15, 0.2) is 17.5 Å². The fourth-order valence-electron chi connectivity index (χ4n) is 1.69. The van der Waals surface area contributed by atoms with E-state index >= 15 is 0 Å². The van der Waals surface area contributed by atoms with Crippen molar-refractivity contribution in [2.24, 2.45) is 5.92 Å². The zero-order chi connectivity index (χ0) is 17.9. The zero-order valence-corrected chi connectivity index (χ0v) is 15.8. The number of anilines is 2. The summed E-state index contributed by atoms with van der Waals surface area (Å²) in [4.78, 5) is 27.7. The molecule has 1 aromatic heterocycles. The Hall–Kier alpha value is -1.62. The highest BCUT2D eigenvalue weighted by Gasteiger charge is 2.14. The largest absolute Gasteiger partial charge is 0.326 e. The summed E-state index contributed by atoms with van der Waals surface area (Å²) in [7, 11) is 0. The number of hydrogen-bond acceptors (Lipinski definition) is 4. The molecule has 0 aliphatic carbocycles. The van der Waals surface area contributed by atoms with Crippen LogP contribution in [0.25, 0.3) is 0 Å². The third-order valence-corrected chi connectivity index (χ3v) is 4.75. The van der Waals surface area contributed by atoms with Crippen LogP contribution in [-0.4, -0.2) is 16.8 Å². The number of benzene rings is 1. The van der Waals surface area contributed by atoms with Gasteiger partial charge in [0, 0.05) is 17.0 Å².